The van der Waals surface area contributed by atoms with E-state index in [0.717, 1.165) is 17.8 Å². The Labute approximate surface area is 139 Å². The fraction of sp³-hybridized carbons (Fsp3) is 0.600. The maximum atomic E-state index is 12.1. The highest BCUT2D eigenvalue weighted by atomic mass is 32.1. The van der Waals surface area contributed by atoms with Crippen LogP contribution >= 0.6 is 11.3 Å². The highest BCUT2D eigenvalue weighted by Gasteiger charge is 2.24. The van der Waals surface area contributed by atoms with Crippen LogP contribution < -0.4 is 10.6 Å². The minimum absolute atomic E-state index is 0.0990. The first-order chi connectivity index (χ1) is 10.6. The van der Waals surface area contributed by atoms with Crippen molar-refractivity contribution in [3.63, 3.8) is 0 Å². The van der Waals surface area contributed by atoms with Crippen LogP contribution in [0, 0.1) is 5.41 Å². The quantitative estimate of drug-likeness (QED) is 0.706. The molecule has 0 aromatic carbocycles. The average Bonchev–Trinajstić information content (AvgIpc) is 2.90. The summed E-state index contributed by atoms with van der Waals surface area (Å²) in [5.41, 5.74) is -0.468. The molecule has 1 aromatic heterocycles. The summed E-state index contributed by atoms with van der Waals surface area (Å²) in [5.74, 6) is -1.82. The molecule has 0 spiro atoms. The maximum absolute atomic E-state index is 12.1. The molecule has 0 saturated heterocycles. The summed E-state index contributed by atoms with van der Waals surface area (Å²) in [4.78, 5) is 39.1. The second-order valence-corrected chi connectivity index (χ2v) is 7.11. The van der Waals surface area contributed by atoms with Gasteiger partial charge in [-0.25, -0.2) is 9.78 Å². The summed E-state index contributed by atoms with van der Waals surface area (Å²) in [7, 11) is 0. The van der Waals surface area contributed by atoms with E-state index in [2.05, 4.69) is 15.6 Å². The molecular weight excluding hydrogens is 318 g/mol. The fourth-order valence-corrected chi connectivity index (χ4v) is 2.30. The molecule has 3 N–H and O–H groups in total. The topological polar surface area (TPSA) is 108 Å². The molecule has 0 saturated carbocycles. The zero-order valence-corrected chi connectivity index (χ0v) is 14.6. The van der Waals surface area contributed by atoms with Crippen LogP contribution in [0.25, 0.3) is 0 Å². The predicted octanol–water partition coefficient (Wildman–Crippen LogP) is 2.50. The van der Waals surface area contributed by atoms with Crippen LogP contribution in [0.3, 0.4) is 0 Å². The summed E-state index contributed by atoms with van der Waals surface area (Å²) in [6.45, 7) is 7.27. The van der Waals surface area contributed by atoms with Crippen LogP contribution in [0.1, 0.15) is 57.4 Å². The first kappa shape index (κ1) is 19.1. The van der Waals surface area contributed by atoms with Crippen LogP contribution in [0.5, 0.6) is 0 Å². The number of nitrogens with one attached hydrogen (secondary N) is 2. The van der Waals surface area contributed by atoms with Gasteiger partial charge in [0.05, 0.1) is 0 Å². The lowest BCUT2D eigenvalue weighted by Gasteiger charge is -2.16. The Morgan fingerprint density at radius 3 is 2.52 bits per heavy atom. The van der Waals surface area contributed by atoms with Gasteiger partial charge in [-0.2, -0.15) is 0 Å². The van der Waals surface area contributed by atoms with Gasteiger partial charge in [0, 0.05) is 10.8 Å². The number of carbonyl (C=O) groups is 3. The zero-order chi connectivity index (χ0) is 17.6. The van der Waals surface area contributed by atoms with E-state index < -0.39 is 23.3 Å². The van der Waals surface area contributed by atoms with Crippen molar-refractivity contribution in [3.05, 3.63) is 11.1 Å². The Hall–Kier alpha value is -1.96. The van der Waals surface area contributed by atoms with Crippen molar-refractivity contribution >= 4 is 34.3 Å². The summed E-state index contributed by atoms with van der Waals surface area (Å²) < 4.78 is 0. The lowest BCUT2D eigenvalue weighted by atomic mass is 9.96. The lowest BCUT2D eigenvalue weighted by Crippen LogP contribution is -2.40. The van der Waals surface area contributed by atoms with E-state index >= 15 is 0 Å². The molecule has 0 fully saturated rings. The van der Waals surface area contributed by atoms with E-state index in [-0.39, 0.29) is 11.6 Å². The minimum atomic E-state index is -1.07. The Bertz CT molecular complexity index is 578. The molecule has 0 bridgehead atoms. The molecule has 0 radical (unpaired) electrons. The van der Waals surface area contributed by atoms with E-state index in [0.29, 0.717) is 18.0 Å². The highest BCUT2D eigenvalue weighted by molar-refractivity contribution is 7.14. The Kier molecular flexibility index (Phi) is 6.68. The van der Waals surface area contributed by atoms with Crippen LogP contribution in [0.2, 0.25) is 0 Å². The molecule has 0 aliphatic rings. The summed E-state index contributed by atoms with van der Waals surface area (Å²) >= 11 is 1.12. The molecule has 1 heterocycles. The van der Waals surface area contributed by atoms with Crippen molar-refractivity contribution in [2.75, 3.05) is 5.32 Å². The van der Waals surface area contributed by atoms with Gasteiger partial charge in [0.15, 0.2) is 5.13 Å². The molecule has 1 aromatic rings. The molecule has 8 heteroatoms. The zero-order valence-electron chi connectivity index (χ0n) is 13.8. The number of thiazole rings is 1. The molecular formula is C15H23N3O4S. The standard InChI is InChI=1S/C15H23N3O4S/c1-5-6-7-9(12(20)21)16-11(19)10-8-23-14(17-10)18-13(22)15(2,3)4/h8-9H,5-7H2,1-4H3,(H,16,19)(H,20,21)(H,17,18,22). The number of hydrogen-bond acceptors (Lipinski definition) is 5. The van der Waals surface area contributed by atoms with Crippen molar-refractivity contribution in [1.82, 2.24) is 10.3 Å². The number of aliphatic carboxylic acids is 1. The molecule has 7 nitrogen and oxygen atoms in total. The van der Waals surface area contributed by atoms with Crippen molar-refractivity contribution < 1.29 is 19.5 Å². The number of amides is 2. The van der Waals surface area contributed by atoms with Gasteiger partial charge >= 0.3 is 5.97 Å². The summed E-state index contributed by atoms with van der Waals surface area (Å²) in [6.07, 6.45) is 1.93. The monoisotopic (exact) mass is 341 g/mol. The van der Waals surface area contributed by atoms with Gasteiger partial charge in [-0.3, -0.25) is 9.59 Å². The second-order valence-electron chi connectivity index (χ2n) is 6.25. The lowest BCUT2D eigenvalue weighted by molar-refractivity contribution is -0.139. The van der Waals surface area contributed by atoms with Crippen molar-refractivity contribution in [2.24, 2.45) is 5.41 Å². The maximum Gasteiger partial charge on any atom is 0.326 e. The number of unbranched alkanes of at least 4 members (excludes halogenated alkanes) is 1. The van der Waals surface area contributed by atoms with Gasteiger partial charge in [-0.15, -0.1) is 11.3 Å². The fourth-order valence-electron chi connectivity index (χ4n) is 1.62. The molecule has 2 amide bonds. The number of carbonyl (C=O) groups excluding carboxylic acids is 2. The molecule has 23 heavy (non-hydrogen) atoms. The smallest absolute Gasteiger partial charge is 0.326 e. The summed E-state index contributed by atoms with van der Waals surface area (Å²) in [5, 5.41) is 16.0. The number of carboxylic acid groups (broad SMARTS) is 1. The van der Waals surface area contributed by atoms with E-state index in [1.165, 1.54) is 5.38 Å². The number of rotatable bonds is 7. The van der Waals surface area contributed by atoms with Crippen LogP contribution in [0.15, 0.2) is 5.38 Å². The van der Waals surface area contributed by atoms with Gasteiger partial charge in [0.2, 0.25) is 5.91 Å². The van der Waals surface area contributed by atoms with E-state index in [1.807, 2.05) is 6.92 Å². The normalized spacial score (nSPS) is 12.5. The number of aromatic nitrogens is 1. The first-order valence-electron chi connectivity index (χ1n) is 7.45. The van der Waals surface area contributed by atoms with E-state index in [1.54, 1.807) is 20.8 Å². The van der Waals surface area contributed by atoms with Crippen LogP contribution in [-0.2, 0) is 9.59 Å². The van der Waals surface area contributed by atoms with Gasteiger partial charge in [-0.1, -0.05) is 40.5 Å². The summed E-state index contributed by atoms with van der Waals surface area (Å²) in [6, 6.07) is -0.934. The molecule has 1 unspecified atom stereocenters. The van der Waals surface area contributed by atoms with Crippen LogP contribution in [0.4, 0.5) is 5.13 Å². The van der Waals surface area contributed by atoms with Crippen molar-refractivity contribution in [3.8, 4) is 0 Å². The number of carboxylic acids is 1. The van der Waals surface area contributed by atoms with E-state index in [4.69, 9.17) is 5.11 Å². The third-order valence-corrected chi connectivity index (χ3v) is 3.85. The minimum Gasteiger partial charge on any atom is -0.480 e. The molecule has 1 rings (SSSR count). The van der Waals surface area contributed by atoms with Gasteiger partial charge in [0.1, 0.15) is 11.7 Å². The largest absolute Gasteiger partial charge is 0.480 e. The Balaban J connectivity index is 2.71. The van der Waals surface area contributed by atoms with Gasteiger partial charge in [-0.05, 0) is 6.42 Å². The van der Waals surface area contributed by atoms with Gasteiger partial charge < -0.3 is 15.7 Å². The van der Waals surface area contributed by atoms with Gasteiger partial charge in [0.25, 0.3) is 5.91 Å². The Morgan fingerprint density at radius 2 is 2.00 bits per heavy atom. The number of anilines is 1. The van der Waals surface area contributed by atoms with E-state index in [9.17, 15) is 14.4 Å². The van der Waals surface area contributed by atoms with Crippen LogP contribution in [-0.4, -0.2) is 33.9 Å². The first-order valence-corrected chi connectivity index (χ1v) is 8.33. The molecule has 128 valence electrons. The second kappa shape index (κ2) is 8.05. The van der Waals surface area contributed by atoms with Crippen molar-refractivity contribution in [2.45, 2.75) is 53.0 Å². The Morgan fingerprint density at radius 1 is 1.35 bits per heavy atom. The number of hydrogen-bond donors (Lipinski definition) is 3. The third kappa shape index (κ3) is 5.97. The third-order valence-electron chi connectivity index (χ3n) is 3.09. The number of nitrogens with zero attached hydrogens (tertiary/aromatic N) is 1. The van der Waals surface area contributed by atoms with Crippen molar-refractivity contribution in [1.29, 1.82) is 0 Å². The predicted molar refractivity (Wildman–Crippen MR) is 88.6 cm³/mol. The SMILES string of the molecule is CCCCC(NC(=O)c1csc(NC(=O)C(C)(C)C)n1)C(=O)O. The molecule has 1 atom stereocenters. The highest BCUT2D eigenvalue weighted by Crippen LogP contribution is 2.20. The average molecular weight is 341 g/mol. The molecule has 0 aliphatic carbocycles. The molecule has 0 aliphatic heterocycles.